The van der Waals surface area contributed by atoms with E-state index in [1.807, 2.05) is 6.07 Å². The predicted octanol–water partition coefficient (Wildman–Crippen LogP) is 7.02. The van der Waals surface area contributed by atoms with Crippen LogP contribution >= 0.6 is 0 Å². The normalized spacial score (nSPS) is 11.7. The molecule has 0 atom stereocenters. The van der Waals surface area contributed by atoms with Gasteiger partial charge in [0.25, 0.3) is 0 Å². The fourth-order valence-electron chi connectivity index (χ4n) is 3.47. The molecule has 4 aromatic rings. The molecule has 2 heteroatoms. The first-order valence-corrected chi connectivity index (χ1v) is 9.82. The molecule has 0 unspecified atom stereocenters. The molecule has 142 valence electrons. The number of rotatable bonds is 4. The lowest BCUT2D eigenvalue weighted by molar-refractivity contribution is 0.311. The first-order chi connectivity index (χ1) is 13.4. The molecule has 2 nitrogen and oxygen atoms in total. The van der Waals surface area contributed by atoms with E-state index in [2.05, 4.69) is 99.4 Å². The van der Waals surface area contributed by atoms with Crippen LogP contribution in [0.2, 0.25) is 0 Å². The number of hydrogen-bond acceptors (Lipinski definition) is 1. The molecule has 1 heterocycles. The minimum Gasteiger partial charge on any atom is -0.486 e. The van der Waals surface area contributed by atoms with Crippen LogP contribution in [0.25, 0.3) is 22.2 Å². The van der Waals surface area contributed by atoms with Gasteiger partial charge in [-0.25, -0.2) is 0 Å². The van der Waals surface area contributed by atoms with Gasteiger partial charge in [-0.15, -0.1) is 0 Å². The highest BCUT2D eigenvalue weighted by molar-refractivity contribution is 5.94. The van der Waals surface area contributed by atoms with Crippen LogP contribution in [0.3, 0.4) is 0 Å². The average Bonchev–Trinajstić information content (AvgIpc) is 3.05. The van der Waals surface area contributed by atoms with E-state index in [0.717, 1.165) is 27.9 Å². The lowest BCUT2D eigenvalue weighted by Gasteiger charge is -2.20. The first kappa shape index (κ1) is 18.4. The fourth-order valence-corrected chi connectivity index (χ4v) is 3.47. The van der Waals surface area contributed by atoms with Crippen molar-refractivity contribution in [1.82, 2.24) is 4.98 Å². The lowest BCUT2D eigenvalue weighted by Crippen LogP contribution is -2.11. The third kappa shape index (κ3) is 3.68. The first-order valence-electron chi connectivity index (χ1n) is 9.82. The number of para-hydroxylation sites is 1. The van der Waals surface area contributed by atoms with Crippen LogP contribution in [0.1, 0.15) is 37.5 Å². The number of ether oxygens (including phenoxy) is 1. The Morgan fingerprint density at radius 2 is 1.61 bits per heavy atom. The molecular weight excluding hydrogens is 342 g/mol. The molecule has 1 aromatic heterocycles. The zero-order valence-electron chi connectivity index (χ0n) is 17.0. The average molecular weight is 370 g/mol. The van der Waals surface area contributed by atoms with Crippen LogP contribution in [-0.2, 0) is 12.0 Å². The second-order valence-corrected chi connectivity index (χ2v) is 8.48. The van der Waals surface area contributed by atoms with Gasteiger partial charge < -0.3 is 9.72 Å². The van der Waals surface area contributed by atoms with E-state index in [1.54, 1.807) is 0 Å². The molecule has 0 saturated carbocycles. The van der Waals surface area contributed by atoms with Gasteiger partial charge in [-0.2, -0.15) is 0 Å². The minimum atomic E-state index is 0.129. The summed E-state index contributed by atoms with van der Waals surface area (Å²) >= 11 is 0. The molecule has 0 fully saturated rings. The van der Waals surface area contributed by atoms with Gasteiger partial charge >= 0.3 is 0 Å². The summed E-state index contributed by atoms with van der Waals surface area (Å²) in [6, 6.07) is 25.6. The van der Waals surface area contributed by atoms with Crippen molar-refractivity contribution in [3.63, 3.8) is 0 Å². The van der Waals surface area contributed by atoms with Gasteiger partial charge in [-0.3, -0.25) is 0 Å². The lowest BCUT2D eigenvalue weighted by atomic mass is 9.86. The Morgan fingerprint density at radius 3 is 2.36 bits per heavy atom. The third-order valence-electron chi connectivity index (χ3n) is 5.17. The zero-order chi connectivity index (χ0) is 19.7. The minimum absolute atomic E-state index is 0.129. The van der Waals surface area contributed by atoms with Crippen LogP contribution in [0.5, 0.6) is 5.75 Å². The smallest absolute Gasteiger partial charge is 0.153 e. The summed E-state index contributed by atoms with van der Waals surface area (Å²) in [5.74, 6) is 0.917. The molecule has 28 heavy (non-hydrogen) atoms. The SMILES string of the molecule is Cc1ccc(-c2[nH]c3ccccc3c2OCc2cccc(C(C)(C)C)c2)cc1. The topological polar surface area (TPSA) is 25.0 Å². The summed E-state index contributed by atoms with van der Waals surface area (Å²) in [4.78, 5) is 3.55. The fraction of sp³-hybridized carbons (Fsp3) is 0.231. The van der Waals surface area contributed by atoms with Crippen LogP contribution in [0.15, 0.2) is 72.8 Å². The van der Waals surface area contributed by atoms with E-state index < -0.39 is 0 Å². The summed E-state index contributed by atoms with van der Waals surface area (Å²) in [6.45, 7) is 9.37. The monoisotopic (exact) mass is 369 g/mol. The van der Waals surface area contributed by atoms with Crippen molar-refractivity contribution in [1.29, 1.82) is 0 Å². The Bertz CT molecular complexity index is 1100. The van der Waals surface area contributed by atoms with Crippen LogP contribution in [-0.4, -0.2) is 4.98 Å². The summed E-state index contributed by atoms with van der Waals surface area (Å²) < 4.78 is 6.40. The van der Waals surface area contributed by atoms with Gasteiger partial charge in [0, 0.05) is 16.5 Å². The van der Waals surface area contributed by atoms with E-state index in [4.69, 9.17) is 4.74 Å². The Morgan fingerprint density at radius 1 is 0.857 bits per heavy atom. The van der Waals surface area contributed by atoms with E-state index in [9.17, 15) is 0 Å². The summed E-state index contributed by atoms with van der Waals surface area (Å²) in [6.07, 6.45) is 0. The van der Waals surface area contributed by atoms with Crippen molar-refractivity contribution < 1.29 is 4.74 Å². The molecule has 0 spiro atoms. The number of aromatic nitrogens is 1. The number of aromatic amines is 1. The molecule has 3 aromatic carbocycles. The maximum absolute atomic E-state index is 6.40. The molecule has 1 N–H and O–H groups in total. The number of H-pyrrole nitrogens is 1. The van der Waals surface area contributed by atoms with Gasteiger partial charge in [0.1, 0.15) is 6.61 Å². The second-order valence-electron chi connectivity index (χ2n) is 8.48. The molecule has 0 aliphatic rings. The van der Waals surface area contributed by atoms with Gasteiger partial charge in [0.05, 0.1) is 5.69 Å². The quantitative estimate of drug-likeness (QED) is 0.411. The summed E-state index contributed by atoms with van der Waals surface area (Å²) in [5, 5.41) is 1.12. The molecule has 0 aliphatic carbocycles. The second kappa shape index (κ2) is 7.20. The highest BCUT2D eigenvalue weighted by Gasteiger charge is 2.16. The van der Waals surface area contributed by atoms with Crippen molar-refractivity contribution in [2.45, 2.75) is 39.7 Å². The Hall–Kier alpha value is -3.00. The largest absolute Gasteiger partial charge is 0.486 e. The van der Waals surface area contributed by atoms with E-state index in [-0.39, 0.29) is 5.41 Å². The summed E-state index contributed by atoms with van der Waals surface area (Å²) in [7, 11) is 0. The molecule has 0 saturated heterocycles. The zero-order valence-corrected chi connectivity index (χ0v) is 17.0. The Kier molecular flexibility index (Phi) is 4.72. The maximum atomic E-state index is 6.40. The Balaban J connectivity index is 1.70. The number of nitrogens with one attached hydrogen (secondary N) is 1. The maximum Gasteiger partial charge on any atom is 0.153 e. The van der Waals surface area contributed by atoms with Gasteiger partial charge in [0.15, 0.2) is 5.75 Å². The predicted molar refractivity (Wildman–Crippen MR) is 118 cm³/mol. The van der Waals surface area contributed by atoms with Gasteiger partial charge in [0.2, 0.25) is 0 Å². The van der Waals surface area contributed by atoms with Crippen LogP contribution in [0.4, 0.5) is 0 Å². The summed E-state index contributed by atoms with van der Waals surface area (Å²) in [5.41, 5.74) is 7.16. The van der Waals surface area contributed by atoms with Crippen molar-refractivity contribution in [3.05, 3.63) is 89.5 Å². The highest BCUT2D eigenvalue weighted by atomic mass is 16.5. The standard InChI is InChI=1S/C26H27NO/c1-18-12-14-20(15-13-18)24-25(22-10-5-6-11-23(22)27-24)28-17-19-8-7-9-21(16-19)26(2,3)4/h5-16,27H,17H2,1-4H3. The van der Waals surface area contributed by atoms with Crippen molar-refractivity contribution in [2.75, 3.05) is 0 Å². The van der Waals surface area contributed by atoms with Gasteiger partial charge in [-0.1, -0.05) is 87.0 Å². The highest BCUT2D eigenvalue weighted by Crippen LogP contribution is 2.37. The number of benzene rings is 3. The molecule has 0 bridgehead atoms. The van der Waals surface area contributed by atoms with Crippen molar-refractivity contribution in [3.8, 4) is 17.0 Å². The number of hydrogen-bond donors (Lipinski definition) is 1. The Labute approximate surface area is 167 Å². The molecule has 0 aliphatic heterocycles. The molecule has 4 rings (SSSR count). The van der Waals surface area contributed by atoms with E-state index in [0.29, 0.717) is 6.61 Å². The molecular formula is C26H27NO. The van der Waals surface area contributed by atoms with Crippen molar-refractivity contribution >= 4 is 10.9 Å². The van der Waals surface area contributed by atoms with E-state index in [1.165, 1.54) is 16.7 Å². The molecule has 0 radical (unpaired) electrons. The molecule has 0 amide bonds. The number of fused-ring (bicyclic) bond motifs is 1. The third-order valence-corrected chi connectivity index (χ3v) is 5.17. The van der Waals surface area contributed by atoms with Crippen LogP contribution < -0.4 is 4.74 Å². The van der Waals surface area contributed by atoms with E-state index >= 15 is 0 Å². The van der Waals surface area contributed by atoms with Crippen LogP contribution in [0, 0.1) is 6.92 Å². The van der Waals surface area contributed by atoms with Crippen molar-refractivity contribution in [2.24, 2.45) is 0 Å². The number of aryl methyl sites for hydroxylation is 1. The van der Waals surface area contributed by atoms with Gasteiger partial charge in [-0.05, 0) is 35.6 Å².